The minimum absolute atomic E-state index is 0.192. The monoisotopic (exact) mass is 301 g/mol. The summed E-state index contributed by atoms with van der Waals surface area (Å²) in [4.78, 5) is 13.9. The molecule has 0 atom stereocenters. The molecule has 2 N–H and O–H groups in total. The average molecular weight is 301 g/mol. The Morgan fingerprint density at radius 1 is 1.33 bits per heavy atom. The number of benzene rings is 1. The van der Waals surface area contributed by atoms with Crippen LogP contribution in [-0.2, 0) is 11.0 Å². The lowest BCUT2D eigenvalue weighted by molar-refractivity contribution is -0.137. The van der Waals surface area contributed by atoms with Gasteiger partial charge in [-0.25, -0.2) is 0 Å². The predicted octanol–water partition coefficient (Wildman–Crippen LogP) is 1.86. The van der Waals surface area contributed by atoms with E-state index < -0.39 is 11.7 Å². The summed E-state index contributed by atoms with van der Waals surface area (Å²) in [7, 11) is 0. The Morgan fingerprint density at radius 3 is 2.62 bits per heavy atom. The van der Waals surface area contributed by atoms with Gasteiger partial charge in [0.15, 0.2) is 0 Å². The lowest BCUT2D eigenvalue weighted by Crippen LogP contribution is -2.46. The molecule has 0 saturated carbocycles. The first-order valence-electron chi connectivity index (χ1n) is 6.77. The molecular formula is C14H18F3N3O. The van der Waals surface area contributed by atoms with Crippen LogP contribution in [-0.4, -0.2) is 43.5 Å². The zero-order chi connectivity index (χ0) is 15.5. The van der Waals surface area contributed by atoms with E-state index in [1.807, 2.05) is 4.90 Å². The molecule has 1 amide bonds. The van der Waals surface area contributed by atoms with Crippen molar-refractivity contribution in [2.75, 3.05) is 38.0 Å². The first-order chi connectivity index (χ1) is 9.86. The summed E-state index contributed by atoms with van der Waals surface area (Å²) in [6, 6.07) is 3.36. The van der Waals surface area contributed by atoms with Crippen molar-refractivity contribution in [1.82, 2.24) is 10.2 Å². The van der Waals surface area contributed by atoms with Crippen LogP contribution in [0.1, 0.15) is 11.1 Å². The van der Waals surface area contributed by atoms with Gasteiger partial charge in [-0.2, -0.15) is 13.2 Å². The van der Waals surface area contributed by atoms with Crippen LogP contribution in [0.5, 0.6) is 0 Å². The van der Waals surface area contributed by atoms with E-state index in [1.54, 1.807) is 6.92 Å². The van der Waals surface area contributed by atoms with Crippen LogP contribution in [0.15, 0.2) is 18.2 Å². The molecule has 0 aliphatic carbocycles. The highest BCUT2D eigenvalue weighted by Crippen LogP contribution is 2.31. The molecule has 4 nitrogen and oxygen atoms in total. The van der Waals surface area contributed by atoms with E-state index in [1.165, 1.54) is 6.07 Å². The van der Waals surface area contributed by atoms with E-state index in [-0.39, 0.29) is 18.1 Å². The summed E-state index contributed by atoms with van der Waals surface area (Å²) in [6.45, 7) is 5.01. The van der Waals surface area contributed by atoms with Crippen LogP contribution < -0.4 is 10.6 Å². The van der Waals surface area contributed by atoms with Gasteiger partial charge in [0.05, 0.1) is 12.1 Å². The Kier molecular flexibility index (Phi) is 4.84. The SMILES string of the molecule is Cc1ccc(C(F)(F)F)cc1NC(=O)CN1CCNCC1. The van der Waals surface area contributed by atoms with Crippen LogP contribution in [0.25, 0.3) is 0 Å². The molecule has 116 valence electrons. The number of nitrogens with zero attached hydrogens (tertiary/aromatic N) is 1. The number of nitrogens with one attached hydrogen (secondary N) is 2. The number of rotatable bonds is 3. The highest BCUT2D eigenvalue weighted by Gasteiger charge is 2.31. The topological polar surface area (TPSA) is 44.4 Å². The molecule has 0 aromatic heterocycles. The lowest BCUT2D eigenvalue weighted by Gasteiger charge is -2.26. The van der Waals surface area contributed by atoms with Gasteiger partial charge >= 0.3 is 6.18 Å². The summed E-state index contributed by atoms with van der Waals surface area (Å²) in [6.07, 6.45) is -4.41. The van der Waals surface area contributed by atoms with E-state index in [4.69, 9.17) is 0 Å². The summed E-state index contributed by atoms with van der Waals surface area (Å²) in [5.74, 6) is -0.292. The molecule has 0 bridgehead atoms. The number of amides is 1. The van der Waals surface area contributed by atoms with Crippen LogP contribution in [0.4, 0.5) is 18.9 Å². The number of carbonyl (C=O) groups is 1. The standard InChI is InChI=1S/C14H18F3N3O/c1-10-2-3-11(14(15,16)17)8-12(10)19-13(21)9-20-6-4-18-5-7-20/h2-3,8,18H,4-7,9H2,1H3,(H,19,21). The summed E-state index contributed by atoms with van der Waals surface area (Å²) < 4.78 is 38.0. The molecule has 0 spiro atoms. The Morgan fingerprint density at radius 2 is 2.00 bits per heavy atom. The first kappa shape index (κ1) is 15.8. The molecular weight excluding hydrogens is 283 g/mol. The number of piperazine rings is 1. The van der Waals surface area contributed by atoms with Crippen molar-refractivity contribution in [2.24, 2.45) is 0 Å². The Balaban J connectivity index is 2.02. The van der Waals surface area contributed by atoms with E-state index in [0.717, 1.165) is 38.3 Å². The molecule has 21 heavy (non-hydrogen) atoms. The minimum Gasteiger partial charge on any atom is -0.325 e. The predicted molar refractivity (Wildman–Crippen MR) is 74.1 cm³/mol. The molecule has 1 aromatic rings. The zero-order valence-electron chi connectivity index (χ0n) is 11.8. The fraction of sp³-hybridized carbons (Fsp3) is 0.500. The quantitative estimate of drug-likeness (QED) is 0.895. The molecule has 2 rings (SSSR count). The second kappa shape index (κ2) is 6.44. The van der Waals surface area contributed by atoms with E-state index in [9.17, 15) is 18.0 Å². The third-order valence-electron chi connectivity index (χ3n) is 3.42. The summed E-state index contributed by atoms with van der Waals surface area (Å²) in [5.41, 5.74) is 0.0622. The van der Waals surface area contributed by atoms with E-state index in [0.29, 0.717) is 5.56 Å². The van der Waals surface area contributed by atoms with Gasteiger partial charge in [0.25, 0.3) is 0 Å². The number of hydrogen-bond donors (Lipinski definition) is 2. The third kappa shape index (κ3) is 4.44. The minimum atomic E-state index is -4.41. The number of anilines is 1. The number of aryl methyl sites for hydroxylation is 1. The van der Waals surface area contributed by atoms with Gasteiger partial charge in [0.1, 0.15) is 0 Å². The molecule has 7 heteroatoms. The van der Waals surface area contributed by atoms with Crippen LogP contribution >= 0.6 is 0 Å². The molecule has 1 fully saturated rings. The smallest absolute Gasteiger partial charge is 0.325 e. The Bertz CT molecular complexity index is 511. The molecule has 1 aromatic carbocycles. The van der Waals surface area contributed by atoms with Crippen molar-refractivity contribution >= 4 is 11.6 Å². The molecule has 0 radical (unpaired) electrons. The van der Waals surface area contributed by atoms with Crippen molar-refractivity contribution < 1.29 is 18.0 Å². The van der Waals surface area contributed by atoms with Crippen LogP contribution in [0, 0.1) is 6.92 Å². The highest BCUT2D eigenvalue weighted by molar-refractivity contribution is 5.93. The Labute approximate surface area is 121 Å². The third-order valence-corrected chi connectivity index (χ3v) is 3.42. The van der Waals surface area contributed by atoms with Gasteiger partial charge in [-0.1, -0.05) is 6.07 Å². The zero-order valence-corrected chi connectivity index (χ0v) is 11.8. The van der Waals surface area contributed by atoms with Gasteiger partial charge in [0, 0.05) is 31.9 Å². The van der Waals surface area contributed by atoms with Gasteiger partial charge in [0.2, 0.25) is 5.91 Å². The van der Waals surface area contributed by atoms with Crippen molar-refractivity contribution in [3.05, 3.63) is 29.3 Å². The van der Waals surface area contributed by atoms with E-state index in [2.05, 4.69) is 10.6 Å². The fourth-order valence-electron chi connectivity index (χ4n) is 2.20. The van der Waals surface area contributed by atoms with Crippen LogP contribution in [0.3, 0.4) is 0 Å². The van der Waals surface area contributed by atoms with Crippen molar-refractivity contribution in [1.29, 1.82) is 0 Å². The van der Waals surface area contributed by atoms with Gasteiger partial charge in [-0.05, 0) is 24.6 Å². The Hall–Kier alpha value is -1.60. The van der Waals surface area contributed by atoms with Crippen molar-refractivity contribution in [3.8, 4) is 0 Å². The van der Waals surface area contributed by atoms with Gasteiger partial charge < -0.3 is 10.6 Å². The normalized spacial score (nSPS) is 16.8. The van der Waals surface area contributed by atoms with Crippen LogP contribution in [0.2, 0.25) is 0 Å². The summed E-state index contributed by atoms with van der Waals surface area (Å²) >= 11 is 0. The van der Waals surface area contributed by atoms with Gasteiger partial charge in [-0.15, -0.1) is 0 Å². The summed E-state index contributed by atoms with van der Waals surface area (Å²) in [5, 5.41) is 5.74. The number of alkyl halides is 3. The lowest BCUT2D eigenvalue weighted by atomic mass is 10.1. The first-order valence-corrected chi connectivity index (χ1v) is 6.77. The molecule has 1 heterocycles. The van der Waals surface area contributed by atoms with Crippen molar-refractivity contribution in [3.63, 3.8) is 0 Å². The number of carbonyl (C=O) groups excluding carboxylic acids is 1. The van der Waals surface area contributed by atoms with Gasteiger partial charge in [-0.3, -0.25) is 9.69 Å². The average Bonchev–Trinajstić information content (AvgIpc) is 2.41. The maximum Gasteiger partial charge on any atom is 0.416 e. The number of hydrogen-bond acceptors (Lipinski definition) is 3. The van der Waals surface area contributed by atoms with Crippen molar-refractivity contribution in [2.45, 2.75) is 13.1 Å². The number of halogens is 3. The second-order valence-electron chi connectivity index (χ2n) is 5.10. The molecule has 1 aliphatic heterocycles. The fourth-order valence-corrected chi connectivity index (χ4v) is 2.20. The maximum atomic E-state index is 12.7. The molecule has 1 aliphatic rings. The molecule has 1 saturated heterocycles. The largest absolute Gasteiger partial charge is 0.416 e. The molecule has 0 unspecified atom stereocenters. The van der Waals surface area contributed by atoms with E-state index >= 15 is 0 Å². The maximum absolute atomic E-state index is 12.7. The highest BCUT2D eigenvalue weighted by atomic mass is 19.4. The second-order valence-corrected chi connectivity index (χ2v) is 5.10.